The third-order valence-corrected chi connectivity index (χ3v) is 4.64. The zero-order valence-electron chi connectivity index (χ0n) is 23.0. The number of nitrogens with zero attached hydrogens (tertiary/aromatic N) is 1. The van der Waals surface area contributed by atoms with Gasteiger partial charge < -0.3 is 25.3 Å². The first-order valence-corrected chi connectivity index (χ1v) is 13.1. The predicted octanol–water partition coefficient (Wildman–Crippen LogP) is 8.09. The normalized spacial score (nSPS) is 9.16. The lowest BCUT2D eigenvalue weighted by molar-refractivity contribution is 0.275. The maximum absolute atomic E-state index is 8.63. The van der Waals surface area contributed by atoms with Crippen molar-refractivity contribution < 1.29 is 20.4 Å². The molecular formula is C33H45NO4. The molecule has 0 atom stereocenters. The van der Waals surface area contributed by atoms with Crippen LogP contribution in [0.1, 0.15) is 40.0 Å². The summed E-state index contributed by atoms with van der Waals surface area (Å²) in [7, 11) is 0. The molecule has 0 heterocycles. The first-order valence-electron chi connectivity index (χ1n) is 13.1. The van der Waals surface area contributed by atoms with E-state index in [0.29, 0.717) is 23.0 Å². The number of aromatic hydroxyl groups is 4. The van der Waals surface area contributed by atoms with E-state index in [1.165, 1.54) is 38.9 Å². The van der Waals surface area contributed by atoms with Crippen LogP contribution < -0.4 is 0 Å². The number of phenols is 4. The van der Waals surface area contributed by atoms with E-state index in [-0.39, 0.29) is 0 Å². The molecule has 5 nitrogen and oxygen atoms in total. The molecule has 0 aliphatic heterocycles. The van der Waals surface area contributed by atoms with Crippen LogP contribution in [0.15, 0.2) is 121 Å². The molecule has 0 aromatic heterocycles. The molecule has 0 fully saturated rings. The molecule has 0 amide bonds. The Balaban J connectivity index is 0.000000453. The Labute approximate surface area is 229 Å². The minimum Gasteiger partial charge on any atom is -0.508 e. The molecule has 38 heavy (non-hydrogen) atoms. The minimum atomic E-state index is 0.322. The van der Waals surface area contributed by atoms with E-state index < -0.39 is 0 Å². The fourth-order valence-electron chi connectivity index (χ4n) is 3.00. The minimum absolute atomic E-state index is 0.322. The van der Waals surface area contributed by atoms with Gasteiger partial charge in [0.05, 0.1) is 0 Å². The summed E-state index contributed by atoms with van der Waals surface area (Å²) in [5.41, 5.74) is 0. The number of hydrogen-bond acceptors (Lipinski definition) is 5. The summed E-state index contributed by atoms with van der Waals surface area (Å²) in [5.74, 6) is 1.29. The molecule has 0 spiro atoms. The van der Waals surface area contributed by atoms with E-state index in [9.17, 15) is 0 Å². The van der Waals surface area contributed by atoms with Crippen molar-refractivity contribution in [3.8, 4) is 23.0 Å². The van der Waals surface area contributed by atoms with Crippen LogP contribution in [0.2, 0.25) is 0 Å². The van der Waals surface area contributed by atoms with Crippen LogP contribution >= 0.6 is 0 Å². The van der Waals surface area contributed by atoms with Crippen LogP contribution in [-0.2, 0) is 0 Å². The van der Waals surface area contributed by atoms with Crippen LogP contribution in [-0.4, -0.2) is 45.0 Å². The van der Waals surface area contributed by atoms with Gasteiger partial charge in [0.2, 0.25) is 0 Å². The van der Waals surface area contributed by atoms with Crippen molar-refractivity contribution >= 4 is 0 Å². The van der Waals surface area contributed by atoms with Crippen LogP contribution in [0, 0.1) is 0 Å². The summed E-state index contributed by atoms with van der Waals surface area (Å²) in [6, 6.07) is 34.9. The highest BCUT2D eigenvalue weighted by atomic mass is 16.3. The first-order chi connectivity index (χ1) is 18.4. The lowest BCUT2D eigenvalue weighted by atomic mass is 10.3. The number of phenolic OH excluding ortho intramolecular Hbond substituents is 4. The first kappa shape index (κ1) is 34.0. The predicted molar refractivity (Wildman–Crippen MR) is 160 cm³/mol. The summed E-state index contributed by atoms with van der Waals surface area (Å²) < 4.78 is 0. The number of rotatable bonds is 6. The van der Waals surface area contributed by atoms with Crippen LogP contribution in [0.5, 0.6) is 23.0 Å². The van der Waals surface area contributed by atoms with E-state index in [1.54, 1.807) is 97.1 Å². The van der Waals surface area contributed by atoms with Gasteiger partial charge in [0.1, 0.15) is 23.0 Å². The highest BCUT2D eigenvalue weighted by molar-refractivity contribution is 5.20. The summed E-state index contributed by atoms with van der Waals surface area (Å²) in [6.45, 7) is 10.6. The molecule has 0 radical (unpaired) electrons. The third-order valence-electron chi connectivity index (χ3n) is 4.64. The lowest BCUT2D eigenvalue weighted by Gasteiger charge is -2.19. The summed E-state index contributed by atoms with van der Waals surface area (Å²) in [4.78, 5) is 2.54. The van der Waals surface area contributed by atoms with E-state index in [0.717, 1.165) is 0 Å². The Morgan fingerprint density at radius 1 is 0.368 bits per heavy atom. The molecule has 5 heteroatoms. The quantitative estimate of drug-likeness (QED) is 0.207. The number of benzene rings is 4. The molecule has 4 aromatic rings. The number of hydrogen-bond donors (Lipinski definition) is 4. The van der Waals surface area contributed by atoms with Crippen molar-refractivity contribution in [2.45, 2.75) is 40.0 Å². The van der Waals surface area contributed by atoms with E-state index in [2.05, 4.69) is 25.7 Å². The van der Waals surface area contributed by atoms with E-state index >= 15 is 0 Å². The molecule has 4 aromatic carbocycles. The van der Waals surface area contributed by atoms with Gasteiger partial charge in [-0.05, 0) is 87.4 Å². The molecule has 0 aliphatic rings. The Morgan fingerprint density at radius 2 is 0.553 bits per heavy atom. The Kier molecular flexibility index (Phi) is 22.1. The van der Waals surface area contributed by atoms with Gasteiger partial charge >= 0.3 is 0 Å². The van der Waals surface area contributed by atoms with Gasteiger partial charge in [-0.15, -0.1) is 0 Å². The maximum Gasteiger partial charge on any atom is 0.115 e. The maximum atomic E-state index is 8.63. The van der Waals surface area contributed by atoms with Crippen molar-refractivity contribution in [3.63, 3.8) is 0 Å². The van der Waals surface area contributed by atoms with Gasteiger partial charge in [-0.25, -0.2) is 0 Å². The van der Waals surface area contributed by atoms with Crippen LogP contribution in [0.3, 0.4) is 0 Å². The van der Waals surface area contributed by atoms with Gasteiger partial charge in [0.15, 0.2) is 0 Å². The second-order valence-corrected chi connectivity index (χ2v) is 8.18. The van der Waals surface area contributed by atoms with Crippen LogP contribution in [0.25, 0.3) is 0 Å². The molecule has 4 N–H and O–H groups in total. The highest BCUT2D eigenvalue weighted by Gasteiger charge is 1.98. The van der Waals surface area contributed by atoms with E-state index in [4.69, 9.17) is 20.4 Å². The second-order valence-electron chi connectivity index (χ2n) is 8.18. The monoisotopic (exact) mass is 519 g/mol. The fraction of sp³-hybridized carbons (Fsp3) is 0.273. The standard InChI is InChI=1S/C9H21N.4C6H6O/c1-4-7-10(8-5-2)9-6-3;4*7-6-4-2-1-3-5-6/h4-9H2,1-3H3;4*1-5,7H. The van der Waals surface area contributed by atoms with Crippen molar-refractivity contribution in [2.75, 3.05) is 19.6 Å². The molecule has 4 rings (SSSR count). The zero-order chi connectivity index (χ0) is 28.3. The molecule has 0 saturated heterocycles. The van der Waals surface area contributed by atoms with Gasteiger partial charge in [-0.1, -0.05) is 93.6 Å². The number of para-hydroxylation sites is 4. The average Bonchev–Trinajstić information content (AvgIpc) is 2.93. The largest absolute Gasteiger partial charge is 0.508 e. The van der Waals surface area contributed by atoms with Gasteiger partial charge in [-0.2, -0.15) is 0 Å². The van der Waals surface area contributed by atoms with Crippen molar-refractivity contribution in [1.82, 2.24) is 4.90 Å². The smallest absolute Gasteiger partial charge is 0.115 e. The lowest BCUT2D eigenvalue weighted by Crippen LogP contribution is -2.25. The SMILES string of the molecule is CCCN(CCC)CCC.Oc1ccccc1.Oc1ccccc1.Oc1ccccc1.Oc1ccccc1. The Morgan fingerprint density at radius 3 is 0.658 bits per heavy atom. The topological polar surface area (TPSA) is 84.2 Å². The van der Waals surface area contributed by atoms with Crippen molar-refractivity contribution in [3.05, 3.63) is 121 Å². The second kappa shape index (κ2) is 24.7. The molecule has 0 aliphatic carbocycles. The molecule has 0 saturated carbocycles. The highest BCUT2D eigenvalue weighted by Crippen LogP contribution is 2.04. The van der Waals surface area contributed by atoms with Gasteiger partial charge in [0.25, 0.3) is 0 Å². The Bertz CT molecular complexity index is 820. The molecule has 206 valence electrons. The van der Waals surface area contributed by atoms with Crippen molar-refractivity contribution in [2.24, 2.45) is 0 Å². The van der Waals surface area contributed by atoms with Gasteiger partial charge in [0, 0.05) is 0 Å². The third kappa shape index (κ3) is 22.5. The molecular weight excluding hydrogens is 474 g/mol. The fourth-order valence-corrected chi connectivity index (χ4v) is 3.00. The summed E-state index contributed by atoms with van der Waals surface area (Å²) in [6.07, 6.45) is 3.88. The summed E-state index contributed by atoms with van der Waals surface area (Å²) in [5, 5.41) is 34.5. The van der Waals surface area contributed by atoms with E-state index in [1.807, 2.05) is 24.3 Å². The van der Waals surface area contributed by atoms with Crippen molar-refractivity contribution in [1.29, 1.82) is 0 Å². The molecule has 0 unspecified atom stereocenters. The zero-order valence-corrected chi connectivity index (χ0v) is 23.0. The van der Waals surface area contributed by atoms with Gasteiger partial charge in [-0.3, -0.25) is 0 Å². The summed E-state index contributed by atoms with van der Waals surface area (Å²) >= 11 is 0. The molecule has 0 bridgehead atoms. The average molecular weight is 520 g/mol. The Hall–Kier alpha value is -3.96. The van der Waals surface area contributed by atoms with Crippen LogP contribution in [0.4, 0.5) is 0 Å².